The fraction of sp³-hybridized carbons (Fsp3) is 0.207. The van der Waals surface area contributed by atoms with Crippen LogP contribution in [0, 0.1) is 6.92 Å². The summed E-state index contributed by atoms with van der Waals surface area (Å²) in [6.07, 6.45) is 3.86. The number of aromatic nitrogens is 4. The molecule has 0 aliphatic heterocycles. The molecule has 0 aliphatic carbocycles. The molecule has 2 aromatic carbocycles. The van der Waals surface area contributed by atoms with E-state index in [1.807, 2.05) is 41.2 Å². The van der Waals surface area contributed by atoms with Gasteiger partial charge in [-0.15, -0.1) is 0 Å². The molecule has 8 heteroatoms. The number of aliphatic hydroxyl groups excluding tert-OH is 2. The van der Waals surface area contributed by atoms with E-state index in [9.17, 15) is 0 Å². The summed E-state index contributed by atoms with van der Waals surface area (Å²) in [7, 11) is 0. The quantitative estimate of drug-likeness (QED) is 0.272. The van der Waals surface area contributed by atoms with Crippen molar-refractivity contribution < 1.29 is 10.2 Å². The minimum Gasteiger partial charge on any atom is -0.394 e. The molecule has 5 rings (SSSR count). The predicted octanol–water partition coefficient (Wildman–Crippen LogP) is 4.94. The number of aryl methyl sites for hydroxylation is 1. The molecule has 7 nitrogen and oxygen atoms in total. The van der Waals surface area contributed by atoms with E-state index in [1.54, 1.807) is 0 Å². The van der Waals surface area contributed by atoms with Gasteiger partial charge in [0.05, 0.1) is 40.5 Å². The lowest BCUT2D eigenvalue weighted by atomic mass is 10.1. The van der Waals surface area contributed by atoms with E-state index in [4.69, 9.17) is 20.9 Å². The number of benzene rings is 2. The Labute approximate surface area is 224 Å². The van der Waals surface area contributed by atoms with E-state index in [0.717, 1.165) is 43.9 Å². The van der Waals surface area contributed by atoms with E-state index in [0.29, 0.717) is 13.0 Å². The second-order valence-corrected chi connectivity index (χ2v) is 9.60. The van der Waals surface area contributed by atoms with E-state index in [-0.39, 0.29) is 6.61 Å². The second kappa shape index (κ2) is 12.2. The molecule has 37 heavy (non-hydrogen) atoms. The van der Waals surface area contributed by atoms with Crippen molar-refractivity contribution in [3.63, 3.8) is 0 Å². The van der Waals surface area contributed by atoms with Crippen molar-refractivity contribution in [2.75, 3.05) is 6.61 Å². The van der Waals surface area contributed by atoms with Crippen LogP contribution in [0.25, 0.3) is 28.0 Å². The first-order chi connectivity index (χ1) is 17.9. The van der Waals surface area contributed by atoms with Gasteiger partial charge in [-0.2, -0.15) is 5.10 Å². The standard InChI is InChI=1S/C26H22BrN5.C3H8O2/c1-17-7-9-18(10-8-17)13-23-25(27)24(14-28)32-26(31-23)21(16-30-32)20-11-12-22(29-15-20)19-5-3-2-4-6-19;1-3(5)2-4/h2-12,15-16H,13-14,28H2,1H3;3-5H,2H2,1H3. The Bertz CT molecular complexity index is 1450. The summed E-state index contributed by atoms with van der Waals surface area (Å²) in [6.45, 7) is 3.83. The number of rotatable bonds is 6. The summed E-state index contributed by atoms with van der Waals surface area (Å²) in [5, 5.41) is 20.6. The summed E-state index contributed by atoms with van der Waals surface area (Å²) in [5.74, 6) is 0. The van der Waals surface area contributed by atoms with Crippen molar-refractivity contribution in [2.45, 2.75) is 32.9 Å². The van der Waals surface area contributed by atoms with E-state index < -0.39 is 6.10 Å². The van der Waals surface area contributed by atoms with Crippen LogP contribution in [0.5, 0.6) is 0 Å². The first-order valence-electron chi connectivity index (χ1n) is 12.0. The van der Waals surface area contributed by atoms with Gasteiger partial charge in [0.15, 0.2) is 5.65 Å². The number of hydrogen-bond donors (Lipinski definition) is 3. The monoisotopic (exact) mass is 559 g/mol. The lowest BCUT2D eigenvalue weighted by Crippen LogP contribution is -2.10. The lowest BCUT2D eigenvalue weighted by molar-refractivity contribution is 0.110. The van der Waals surface area contributed by atoms with Gasteiger partial charge in [0.1, 0.15) is 0 Å². The minimum atomic E-state index is -0.560. The first kappa shape index (κ1) is 26.6. The average Bonchev–Trinajstić information content (AvgIpc) is 3.34. The SMILES string of the molecule is CC(O)CO.Cc1ccc(Cc2nc3c(-c4ccc(-c5ccccc5)nc4)cnn3c(CN)c2Br)cc1. The Morgan fingerprint density at radius 1 is 0.973 bits per heavy atom. The molecule has 0 saturated carbocycles. The predicted molar refractivity (Wildman–Crippen MR) is 150 cm³/mol. The van der Waals surface area contributed by atoms with Gasteiger partial charge in [-0.1, -0.05) is 66.2 Å². The smallest absolute Gasteiger partial charge is 0.163 e. The molecule has 190 valence electrons. The molecule has 0 aliphatic rings. The van der Waals surface area contributed by atoms with E-state index >= 15 is 0 Å². The topological polar surface area (TPSA) is 110 Å². The zero-order chi connectivity index (χ0) is 26.4. The molecular weight excluding hydrogens is 530 g/mol. The van der Waals surface area contributed by atoms with Crippen LogP contribution in [0.3, 0.4) is 0 Å². The van der Waals surface area contributed by atoms with Crippen molar-refractivity contribution in [2.24, 2.45) is 5.73 Å². The van der Waals surface area contributed by atoms with E-state index in [1.165, 1.54) is 18.1 Å². The fourth-order valence-electron chi connectivity index (χ4n) is 3.81. The Hall–Kier alpha value is -3.43. The summed E-state index contributed by atoms with van der Waals surface area (Å²) in [4.78, 5) is 9.66. The van der Waals surface area contributed by atoms with Crippen molar-refractivity contribution in [3.05, 3.63) is 106 Å². The highest BCUT2D eigenvalue weighted by Crippen LogP contribution is 2.30. The Morgan fingerprint density at radius 2 is 1.68 bits per heavy atom. The van der Waals surface area contributed by atoms with Gasteiger partial charge in [0.25, 0.3) is 0 Å². The molecule has 3 heterocycles. The van der Waals surface area contributed by atoms with Gasteiger partial charge in [-0.05, 0) is 41.4 Å². The van der Waals surface area contributed by atoms with Crippen molar-refractivity contribution in [1.29, 1.82) is 0 Å². The third-order valence-electron chi connectivity index (χ3n) is 5.84. The number of nitrogens with zero attached hydrogens (tertiary/aromatic N) is 4. The normalized spacial score (nSPS) is 11.7. The molecule has 0 fully saturated rings. The van der Waals surface area contributed by atoms with Crippen molar-refractivity contribution in [1.82, 2.24) is 19.6 Å². The zero-order valence-electron chi connectivity index (χ0n) is 20.8. The van der Waals surface area contributed by atoms with Crippen LogP contribution in [-0.4, -0.2) is 42.5 Å². The Balaban J connectivity index is 0.000000586. The van der Waals surface area contributed by atoms with Gasteiger partial charge in [-0.3, -0.25) is 4.98 Å². The van der Waals surface area contributed by atoms with Crippen LogP contribution in [0.2, 0.25) is 0 Å². The molecular formula is C29H30BrN5O2. The van der Waals surface area contributed by atoms with E-state index in [2.05, 4.69) is 75.4 Å². The van der Waals surface area contributed by atoms with Crippen LogP contribution in [0.15, 0.2) is 83.6 Å². The third-order valence-corrected chi connectivity index (χ3v) is 6.76. The molecule has 0 saturated heterocycles. The van der Waals surface area contributed by atoms with Crippen molar-refractivity contribution in [3.8, 4) is 22.4 Å². The molecule has 5 aromatic rings. The fourth-order valence-corrected chi connectivity index (χ4v) is 4.37. The second-order valence-electron chi connectivity index (χ2n) is 8.81. The van der Waals surface area contributed by atoms with Crippen LogP contribution >= 0.6 is 15.9 Å². The van der Waals surface area contributed by atoms with Gasteiger partial charge in [0, 0.05) is 35.9 Å². The van der Waals surface area contributed by atoms with Crippen LogP contribution in [0.1, 0.15) is 29.4 Å². The summed E-state index contributed by atoms with van der Waals surface area (Å²) in [5.41, 5.74) is 15.1. The van der Waals surface area contributed by atoms with Crippen LogP contribution in [-0.2, 0) is 13.0 Å². The number of aliphatic hydroxyl groups is 2. The lowest BCUT2D eigenvalue weighted by Gasteiger charge is -2.12. The first-order valence-corrected chi connectivity index (χ1v) is 12.8. The molecule has 4 N–H and O–H groups in total. The molecule has 0 spiro atoms. The molecule has 0 amide bonds. The highest BCUT2D eigenvalue weighted by atomic mass is 79.9. The summed E-state index contributed by atoms with van der Waals surface area (Å²) < 4.78 is 2.73. The highest BCUT2D eigenvalue weighted by Gasteiger charge is 2.17. The molecule has 0 bridgehead atoms. The van der Waals surface area contributed by atoms with Gasteiger partial charge in [0.2, 0.25) is 0 Å². The van der Waals surface area contributed by atoms with Gasteiger partial charge >= 0.3 is 0 Å². The number of nitrogens with two attached hydrogens (primary N) is 1. The van der Waals surface area contributed by atoms with Gasteiger partial charge in [-0.25, -0.2) is 9.50 Å². The largest absolute Gasteiger partial charge is 0.394 e. The maximum Gasteiger partial charge on any atom is 0.163 e. The number of pyridine rings is 1. The zero-order valence-corrected chi connectivity index (χ0v) is 22.4. The third kappa shape index (κ3) is 6.29. The van der Waals surface area contributed by atoms with Crippen LogP contribution < -0.4 is 5.73 Å². The Kier molecular flexibility index (Phi) is 8.78. The maximum absolute atomic E-state index is 8.11. The number of hydrogen-bond acceptors (Lipinski definition) is 6. The minimum absolute atomic E-state index is 0.139. The molecule has 3 aromatic heterocycles. The van der Waals surface area contributed by atoms with Crippen LogP contribution in [0.4, 0.5) is 0 Å². The van der Waals surface area contributed by atoms with Gasteiger partial charge < -0.3 is 15.9 Å². The summed E-state index contributed by atoms with van der Waals surface area (Å²) in [6, 6.07) is 22.8. The highest BCUT2D eigenvalue weighted by molar-refractivity contribution is 9.10. The Morgan fingerprint density at radius 3 is 2.27 bits per heavy atom. The average molecular weight is 560 g/mol. The summed E-state index contributed by atoms with van der Waals surface area (Å²) >= 11 is 3.72. The van der Waals surface area contributed by atoms with Crippen molar-refractivity contribution >= 4 is 21.6 Å². The molecule has 1 unspecified atom stereocenters. The number of halogens is 1. The molecule has 0 radical (unpaired) electrons. The molecule has 1 atom stereocenters. The number of fused-ring (bicyclic) bond motifs is 1. The maximum atomic E-state index is 8.11.